The van der Waals surface area contributed by atoms with Crippen molar-refractivity contribution in [2.24, 2.45) is 0 Å². The molecule has 1 radical (unpaired) electrons. The number of ether oxygens (including phenoxy) is 1. The standard InChI is InChI=1S/C27H25Cl2F3N2O2.C6H15OSi/c1-3-20-25(21(4-2)34-33-20)26(24-18(28)13-16(14-19(24)29)27(30,31)32)23-17-8-6-5-7-15(17)9-10-22(23)36-12-11-35;1-6(2,3)7-8(4)5/h5-10,13-14,26,35H,3-4,11-12H2,1-2H3,(H,33,34);1-5H3. The number of aliphatic hydroxyl groups excluding tert-OH is 1. The minimum Gasteiger partial charge on any atom is -0.491 e. The van der Waals surface area contributed by atoms with Gasteiger partial charge in [-0.1, -0.05) is 67.4 Å². The SMILES string of the molecule is CCc1n[nH]c(CC)c1C(c1c(Cl)cc(C(F)(F)F)cc1Cl)c1c(OCCO)ccc2ccccc12.C[Si](C)OC(C)(C)C. The Labute approximate surface area is 269 Å². The molecule has 0 aliphatic carbocycles. The van der Waals surface area contributed by atoms with Gasteiger partial charge in [0.05, 0.1) is 17.9 Å². The monoisotopic (exact) mass is 667 g/mol. The molecule has 5 nitrogen and oxygen atoms in total. The summed E-state index contributed by atoms with van der Waals surface area (Å²) in [5, 5.41) is 18.5. The summed E-state index contributed by atoms with van der Waals surface area (Å²) in [6.45, 7) is 14.3. The van der Waals surface area contributed by atoms with E-state index in [1.54, 1.807) is 6.07 Å². The second-order valence-electron chi connectivity index (χ2n) is 11.4. The van der Waals surface area contributed by atoms with Gasteiger partial charge in [0.2, 0.25) is 9.04 Å². The van der Waals surface area contributed by atoms with Gasteiger partial charge >= 0.3 is 6.18 Å². The van der Waals surface area contributed by atoms with E-state index in [1.807, 2.05) is 44.2 Å². The highest BCUT2D eigenvalue weighted by Gasteiger charge is 2.36. The fourth-order valence-electron chi connectivity index (χ4n) is 5.23. The molecule has 1 unspecified atom stereocenters. The van der Waals surface area contributed by atoms with Crippen LogP contribution in [0.4, 0.5) is 13.2 Å². The summed E-state index contributed by atoms with van der Waals surface area (Å²) in [5.41, 5.74) is 2.55. The van der Waals surface area contributed by atoms with Gasteiger partial charge in [0, 0.05) is 43.9 Å². The van der Waals surface area contributed by atoms with Crippen LogP contribution in [-0.4, -0.2) is 43.2 Å². The lowest BCUT2D eigenvalue weighted by Gasteiger charge is -2.26. The highest BCUT2D eigenvalue weighted by molar-refractivity contribution is 6.48. The molecule has 11 heteroatoms. The van der Waals surface area contributed by atoms with Crippen LogP contribution in [0.1, 0.15) is 74.2 Å². The van der Waals surface area contributed by atoms with Crippen molar-refractivity contribution in [1.82, 2.24) is 10.2 Å². The number of aliphatic hydroxyl groups is 1. The first-order valence-corrected chi connectivity index (χ1v) is 17.7. The molecule has 1 aromatic heterocycles. The number of fused-ring (bicyclic) bond motifs is 1. The van der Waals surface area contributed by atoms with Crippen molar-refractivity contribution in [1.29, 1.82) is 0 Å². The Morgan fingerprint density at radius 1 is 0.932 bits per heavy atom. The van der Waals surface area contributed by atoms with Crippen LogP contribution in [0.5, 0.6) is 5.75 Å². The Morgan fingerprint density at radius 2 is 1.57 bits per heavy atom. The molecule has 0 aliphatic rings. The molecular weight excluding hydrogens is 628 g/mol. The van der Waals surface area contributed by atoms with Gasteiger partial charge in [0.1, 0.15) is 12.4 Å². The molecule has 0 fully saturated rings. The molecule has 1 atom stereocenters. The van der Waals surface area contributed by atoms with Gasteiger partial charge < -0.3 is 14.3 Å². The van der Waals surface area contributed by atoms with Gasteiger partial charge in [-0.05, 0) is 75.7 Å². The lowest BCUT2D eigenvalue weighted by molar-refractivity contribution is -0.137. The minimum absolute atomic E-state index is 0.0409. The summed E-state index contributed by atoms with van der Waals surface area (Å²) >= 11 is 13.2. The number of nitrogens with one attached hydrogen (secondary N) is 1. The Balaban J connectivity index is 0.000000583. The predicted molar refractivity (Wildman–Crippen MR) is 175 cm³/mol. The fourth-order valence-corrected chi connectivity index (χ4v) is 7.16. The first kappa shape index (κ1) is 35.9. The lowest BCUT2D eigenvalue weighted by Crippen LogP contribution is -2.25. The topological polar surface area (TPSA) is 67.4 Å². The van der Waals surface area contributed by atoms with Crippen LogP contribution < -0.4 is 4.74 Å². The van der Waals surface area contributed by atoms with E-state index in [1.165, 1.54) is 0 Å². The first-order chi connectivity index (χ1) is 20.6. The van der Waals surface area contributed by atoms with Crippen molar-refractivity contribution in [3.63, 3.8) is 0 Å². The zero-order valence-corrected chi connectivity index (χ0v) is 28.6. The van der Waals surface area contributed by atoms with E-state index < -0.39 is 26.7 Å². The number of hydrogen-bond acceptors (Lipinski definition) is 4. The molecule has 0 saturated heterocycles. The second-order valence-corrected chi connectivity index (χ2v) is 14.3. The quantitative estimate of drug-likeness (QED) is 0.174. The van der Waals surface area contributed by atoms with E-state index in [2.05, 4.69) is 44.1 Å². The Bertz CT molecular complexity index is 1510. The molecule has 0 saturated carbocycles. The number of alkyl halides is 3. The Morgan fingerprint density at radius 3 is 2.07 bits per heavy atom. The van der Waals surface area contributed by atoms with Crippen molar-refractivity contribution in [3.05, 3.63) is 92.2 Å². The zero-order chi connectivity index (χ0) is 32.8. The predicted octanol–water partition coefficient (Wildman–Crippen LogP) is 9.62. The summed E-state index contributed by atoms with van der Waals surface area (Å²) in [4.78, 5) is 0. The molecule has 1 heterocycles. The van der Waals surface area contributed by atoms with Crippen molar-refractivity contribution in [2.45, 2.75) is 78.2 Å². The highest BCUT2D eigenvalue weighted by Crippen LogP contribution is 2.49. The van der Waals surface area contributed by atoms with Crippen LogP contribution in [0.2, 0.25) is 23.1 Å². The normalized spacial score (nSPS) is 12.8. The first-order valence-electron chi connectivity index (χ1n) is 14.5. The smallest absolute Gasteiger partial charge is 0.416 e. The van der Waals surface area contributed by atoms with Gasteiger partial charge in [0.15, 0.2) is 0 Å². The van der Waals surface area contributed by atoms with Gasteiger partial charge in [-0.2, -0.15) is 18.3 Å². The van der Waals surface area contributed by atoms with Crippen LogP contribution in [0.25, 0.3) is 10.8 Å². The third-order valence-corrected chi connectivity index (χ3v) is 8.36. The Hall–Kier alpha value is -2.56. The molecule has 4 aromatic rings. The number of benzene rings is 3. The average Bonchev–Trinajstić information content (AvgIpc) is 3.35. The molecule has 0 aliphatic heterocycles. The number of rotatable bonds is 9. The molecule has 0 spiro atoms. The molecule has 44 heavy (non-hydrogen) atoms. The average molecular weight is 669 g/mol. The van der Waals surface area contributed by atoms with E-state index in [4.69, 9.17) is 32.4 Å². The van der Waals surface area contributed by atoms with Crippen LogP contribution >= 0.6 is 23.2 Å². The highest BCUT2D eigenvalue weighted by atomic mass is 35.5. The van der Waals surface area contributed by atoms with Crippen LogP contribution in [0, 0.1) is 0 Å². The Kier molecular flexibility index (Phi) is 12.4. The van der Waals surface area contributed by atoms with E-state index in [-0.39, 0.29) is 28.9 Å². The van der Waals surface area contributed by atoms with Crippen molar-refractivity contribution < 1.29 is 27.4 Å². The van der Waals surface area contributed by atoms with E-state index >= 15 is 0 Å². The van der Waals surface area contributed by atoms with Crippen molar-refractivity contribution in [3.8, 4) is 5.75 Å². The summed E-state index contributed by atoms with van der Waals surface area (Å²) < 4.78 is 52.1. The van der Waals surface area contributed by atoms with E-state index in [0.717, 1.165) is 39.9 Å². The fraction of sp³-hybridized carbons (Fsp3) is 0.424. The number of hydrogen-bond donors (Lipinski definition) is 2. The van der Waals surface area contributed by atoms with Crippen LogP contribution in [0.15, 0.2) is 48.5 Å². The third kappa shape index (κ3) is 8.79. The van der Waals surface area contributed by atoms with E-state index in [0.29, 0.717) is 29.7 Å². The van der Waals surface area contributed by atoms with Crippen LogP contribution in [-0.2, 0) is 23.4 Å². The molecule has 3 aromatic carbocycles. The number of aryl methyl sites for hydroxylation is 2. The molecular formula is C33H40Cl2F3N2O3Si. The van der Waals surface area contributed by atoms with Crippen LogP contribution in [0.3, 0.4) is 0 Å². The number of halogens is 5. The molecule has 2 N–H and O–H groups in total. The van der Waals surface area contributed by atoms with Gasteiger partial charge in [-0.15, -0.1) is 0 Å². The van der Waals surface area contributed by atoms with E-state index in [9.17, 15) is 18.3 Å². The summed E-state index contributed by atoms with van der Waals surface area (Å²) in [6.07, 6.45) is -3.42. The number of H-pyrrole nitrogens is 1. The summed E-state index contributed by atoms with van der Waals surface area (Å²) in [6, 6.07) is 13.2. The van der Waals surface area contributed by atoms with Crippen molar-refractivity contribution >= 4 is 43.0 Å². The van der Waals surface area contributed by atoms with Gasteiger partial charge in [0.25, 0.3) is 0 Å². The zero-order valence-electron chi connectivity index (χ0n) is 26.1. The molecule has 0 bridgehead atoms. The van der Waals surface area contributed by atoms with Gasteiger partial charge in [-0.25, -0.2) is 0 Å². The molecule has 4 rings (SSSR count). The maximum absolute atomic E-state index is 13.6. The number of aromatic amines is 1. The number of nitrogens with zero attached hydrogens (tertiary/aromatic N) is 1. The minimum atomic E-state index is -4.60. The lowest BCUT2D eigenvalue weighted by atomic mass is 9.80. The largest absolute Gasteiger partial charge is 0.491 e. The third-order valence-electron chi connectivity index (χ3n) is 6.71. The van der Waals surface area contributed by atoms with Gasteiger partial charge in [-0.3, -0.25) is 5.10 Å². The maximum atomic E-state index is 13.6. The molecule has 0 amide bonds. The maximum Gasteiger partial charge on any atom is 0.416 e. The molecule has 239 valence electrons. The summed E-state index contributed by atoms with van der Waals surface area (Å²) in [7, 11) is -0.492. The van der Waals surface area contributed by atoms with Crippen molar-refractivity contribution in [2.75, 3.05) is 13.2 Å². The number of aromatic nitrogens is 2. The second kappa shape index (κ2) is 15.1. The summed E-state index contributed by atoms with van der Waals surface area (Å²) in [5.74, 6) is -0.208.